The highest BCUT2D eigenvalue weighted by Crippen LogP contribution is 2.34. The van der Waals surface area contributed by atoms with Crippen molar-refractivity contribution >= 4 is 46.9 Å². The predicted octanol–water partition coefficient (Wildman–Crippen LogP) is 1.18. The van der Waals surface area contributed by atoms with Gasteiger partial charge in [-0.15, -0.1) is 0 Å². The fourth-order valence-corrected chi connectivity index (χ4v) is 5.64. The van der Waals surface area contributed by atoms with Gasteiger partial charge in [0.25, 0.3) is 28.3 Å². The van der Waals surface area contributed by atoms with Gasteiger partial charge in [-0.1, -0.05) is 119 Å². The van der Waals surface area contributed by atoms with Gasteiger partial charge in [-0.25, -0.2) is 14.4 Å². The molecular weight excluding hydrogens is 774 g/mol. The molecule has 4 unspecified atom stereocenters. The molecule has 4 atom stereocenters. The molecule has 0 spiro atoms. The van der Waals surface area contributed by atoms with E-state index in [-0.39, 0.29) is 27.7 Å². The van der Waals surface area contributed by atoms with Crippen LogP contribution in [0.1, 0.15) is 63.7 Å². The number of amides is 1. The molecule has 17 heteroatoms. The van der Waals surface area contributed by atoms with E-state index in [4.69, 9.17) is 0 Å². The Balaban J connectivity index is 0.000000401. The monoisotopic (exact) mass is 817 g/mol. The van der Waals surface area contributed by atoms with E-state index >= 15 is 0 Å². The van der Waals surface area contributed by atoms with E-state index in [0.717, 1.165) is 54.4 Å². The lowest BCUT2D eigenvalue weighted by Gasteiger charge is -2.38. The quantitative estimate of drug-likeness (QED) is 0.0694. The third-order valence-corrected chi connectivity index (χ3v) is 9.26. The first-order chi connectivity index (χ1) is 26.8. The lowest BCUT2D eigenvalue weighted by Crippen LogP contribution is -2.73. The van der Waals surface area contributed by atoms with Crippen molar-refractivity contribution < 1.29 is 79.6 Å². The first kappa shape index (κ1) is 48.4. The molecule has 0 aliphatic heterocycles. The van der Waals surface area contributed by atoms with Crippen molar-refractivity contribution in [1.29, 1.82) is 0 Å². The van der Waals surface area contributed by atoms with Crippen LogP contribution in [0.15, 0.2) is 97.1 Å². The molecular formula is C42H43NO16. The SMILES string of the molecule is Cc1ccc(C(=O)C(O)(C(=O)O)C(O)(C(=O)O)C(=O)c2ccc(C)cc2)cc1.Cc1ccc(C(=O)C(O)(C(=O)O)C(O)(C(=O)c2ccc(C)cc2)C(=O)N(C)C)cc1.O. The van der Waals surface area contributed by atoms with Gasteiger partial charge in [-0.2, -0.15) is 0 Å². The van der Waals surface area contributed by atoms with Crippen LogP contribution in [-0.2, 0) is 19.2 Å². The number of Topliss-reactive ketones (excluding diaryl/α,β-unsaturated/α-hetero) is 4. The van der Waals surface area contributed by atoms with Gasteiger partial charge < -0.3 is 46.1 Å². The second kappa shape index (κ2) is 18.2. The van der Waals surface area contributed by atoms with Crippen molar-refractivity contribution in [1.82, 2.24) is 4.90 Å². The standard InChI is InChI=1S/C22H23NO7.C20H18O8.H2O/c1-13-5-9-15(10-6-13)17(24)21(29,19(26)23(3)4)22(30,20(27)28)18(25)16-11-7-14(2)8-12-16;1-11-3-7-13(8-4-11)15(21)19(27,17(23)24)20(28,18(25)26)16(22)14-9-5-12(2)6-10-14;/h5-12,29-30H,1-4H3,(H,27,28);3-10,27-28H,1-2H3,(H,23,24)(H,25,26);1H2. The van der Waals surface area contributed by atoms with E-state index in [0.29, 0.717) is 11.1 Å². The molecule has 0 heterocycles. The summed E-state index contributed by atoms with van der Waals surface area (Å²) in [5.74, 6) is -14.6. The van der Waals surface area contributed by atoms with Gasteiger partial charge in [0, 0.05) is 36.3 Å². The lowest BCUT2D eigenvalue weighted by molar-refractivity contribution is -0.187. The van der Waals surface area contributed by atoms with E-state index in [1.54, 1.807) is 27.7 Å². The minimum Gasteiger partial charge on any atom is -0.479 e. The fraction of sp³-hybridized carbons (Fsp3) is 0.238. The molecule has 0 bridgehead atoms. The largest absolute Gasteiger partial charge is 0.479 e. The molecule has 0 aliphatic rings. The summed E-state index contributed by atoms with van der Waals surface area (Å²) in [5.41, 5.74) is -13.7. The Bertz CT molecular complexity index is 2190. The number of benzene rings is 4. The third-order valence-electron chi connectivity index (χ3n) is 9.26. The number of hydrogen-bond donors (Lipinski definition) is 7. The van der Waals surface area contributed by atoms with Crippen molar-refractivity contribution in [3.63, 3.8) is 0 Å². The van der Waals surface area contributed by atoms with Crippen molar-refractivity contribution in [2.45, 2.75) is 50.1 Å². The van der Waals surface area contributed by atoms with Crippen LogP contribution in [0.3, 0.4) is 0 Å². The van der Waals surface area contributed by atoms with Crippen LogP contribution in [0.2, 0.25) is 0 Å². The number of carboxylic acid groups (broad SMARTS) is 3. The topological polar surface area (TPSA) is 313 Å². The Kier molecular flexibility index (Phi) is 14.9. The third kappa shape index (κ3) is 8.74. The first-order valence-corrected chi connectivity index (χ1v) is 17.1. The molecule has 0 fully saturated rings. The molecule has 17 nitrogen and oxygen atoms in total. The number of aliphatic hydroxyl groups is 4. The average molecular weight is 818 g/mol. The molecule has 4 aromatic carbocycles. The Labute approximate surface area is 336 Å². The zero-order valence-electron chi connectivity index (χ0n) is 32.6. The second-order valence-corrected chi connectivity index (χ2v) is 13.7. The Morgan fingerprint density at radius 2 is 0.542 bits per heavy atom. The molecule has 0 aromatic heterocycles. The van der Waals surface area contributed by atoms with Gasteiger partial charge in [0.2, 0.25) is 23.1 Å². The van der Waals surface area contributed by atoms with Crippen molar-refractivity contribution in [3.8, 4) is 0 Å². The van der Waals surface area contributed by atoms with Gasteiger partial charge >= 0.3 is 17.9 Å². The van der Waals surface area contributed by atoms with Gasteiger partial charge in [0.05, 0.1) is 0 Å². The summed E-state index contributed by atoms with van der Waals surface area (Å²) >= 11 is 0. The van der Waals surface area contributed by atoms with Crippen LogP contribution in [0.4, 0.5) is 0 Å². The summed E-state index contributed by atoms with van der Waals surface area (Å²) < 4.78 is 0. The van der Waals surface area contributed by atoms with Gasteiger partial charge in [-0.3, -0.25) is 24.0 Å². The van der Waals surface area contributed by atoms with Crippen molar-refractivity contribution in [2.75, 3.05) is 14.1 Å². The molecule has 4 rings (SSSR count). The molecule has 1 amide bonds. The second-order valence-electron chi connectivity index (χ2n) is 13.7. The van der Waals surface area contributed by atoms with Crippen LogP contribution < -0.4 is 0 Å². The Morgan fingerprint density at radius 3 is 0.712 bits per heavy atom. The molecule has 0 aliphatic carbocycles. The van der Waals surface area contributed by atoms with E-state index in [1.807, 2.05) is 0 Å². The highest BCUT2D eigenvalue weighted by Gasteiger charge is 2.71. The molecule has 59 heavy (non-hydrogen) atoms. The van der Waals surface area contributed by atoms with Crippen LogP contribution in [-0.4, -0.2) is 130 Å². The number of likely N-dealkylation sites (N-methyl/N-ethyl adjacent to an activating group) is 1. The smallest absolute Gasteiger partial charge is 0.348 e. The number of aliphatic carboxylic acids is 3. The number of ketones is 4. The normalized spacial score (nSPS) is 14.7. The Morgan fingerprint density at radius 1 is 0.373 bits per heavy atom. The van der Waals surface area contributed by atoms with E-state index < -0.39 is 69.4 Å². The number of carbonyl (C=O) groups excluding carboxylic acids is 5. The minimum absolute atomic E-state index is 0. The minimum atomic E-state index is -3.96. The number of nitrogens with zero attached hydrogens (tertiary/aromatic N) is 1. The number of rotatable bonds is 14. The van der Waals surface area contributed by atoms with Crippen molar-refractivity contribution in [3.05, 3.63) is 142 Å². The van der Waals surface area contributed by atoms with E-state index in [1.165, 1.54) is 72.8 Å². The zero-order chi connectivity index (χ0) is 44.1. The summed E-state index contributed by atoms with van der Waals surface area (Å²) in [7, 11) is 2.32. The summed E-state index contributed by atoms with van der Waals surface area (Å²) in [5, 5.41) is 72.3. The lowest BCUT2D eigenvalue weighted by atomic mass is 9.72. The molecule has 0 radical (unpaired) electrons. The van der Waals surface area contributed by atoms with Crippen LogP contribution in [0, 0.1) is 27.7 Å². The number of carbonyl (C=O) groups is 8. The first-order valence-electron chi connectivity index (χ1n) is 17.1. The van der Waals surface area contributed by atoms with E-state index in [2.05, 4.69) is 0 Å². The highest BCUT2D eigenvalue weighted by atomic mass is 16.5. The molecule has 0 saturated carbocycles. The van der Waals surface area contributed by atoms with E-state index in [9.17, 15) is 74.1 Å². The maximum Gasteiger partial charge on any atom is 0.348 e. The van der Waals surface area contributed by atoms with Gasteiger partial charge in [0.1, 0.15) is 0 Å². The fourth-order valence-electron chi connectivity index (χ4n) is 5.64. The maximum atomic E-state index is 13.2. The average Bonchev–Trinajstić information content (AvgIpc) is 3.19. The predicted molar refractivity (Wildman–Crippen MR) is 207 cm³/mol. The summed E-state index contributed by atoms with van der Waals surface area (Å²) in [4.78, 5) is 101. The highest BCUT2D eigenvalue weighted by molar-refractivity contribution is 6.30. The van der Waals surface area contributed by atoms with Crippen LogP contribution in [0.5, 0.6) is 0 Å². The Hall–Kier alpha value is -6.76. The maximum absolute atomic E-state index is 13.2. The van der Waals surface area contributed by atoms with Gasteiger partial charge in [-0.05, 0) is 27.7 Å². The molecule has 4 aromatic rings. The summed E-state index contributed by atoms with van der Waals surface area (Å²) in [6.07, 6.45) is 0. The van der Waals surface area contributed by atoms with Crippen LogP contribution in [0.25, 0.3) is 0 Å². The number of carboxylic acids is 3. The summed E-state index contributed by atoms with van der Waals surface area (Å²) in [6.45, 7) is 6.84. The molecule has 312 valence electrons. The number of hydrogen-bond acceptors (Lipinski definition) is 12. The zero-order valence-corrected chi connectivity index (χ0v) is 32.6. The molecule has 0 saturated heterocycles. The van der Waals surface area contributed by atoms with Crippen LogP contribution >= 0.6 is 0 Å². The molecule has 9 N–H and O–H groups in total. The number of aryl methyl sites for hydroxylation is 4. The van der Waals surface area contributed by atoms with Crippen molar-refractivity contribution in [2.24, 2.45) is 0 Å². The summed E-state index contributed by atoms with van der Waals surface area (Å²) in [6, 6.07) is 21.4. The van der Waals surface area contributed by atoms with Gasteiger partial charge in [0.15, 0.2) is 0 Å².